The van der Waals surface area contributed by atoms with E-state index in [0.29, 0.717) is 18.6 Å². The van der Waals surface area contributed by atoms with Gasteiger partial charge in [-0.15, -0.1) is 0 Å². The fraction of sp³-hybridized carbons (Fsp3) is 0.739. The Morgan fingerprint density at radius 3 is 1.97 bits per heavy atom. The highest BCUT2D eigenvalue weighted by molar-refractivity contribution is 6.89. The van der Waals surface area contributed by atoms with Crippen LogP contribution in [0.5, 0.6) is 0 Å². The van der Waals surface area contributed by atoms with E-state index in [4.69, 9.17) is 21.8 Å². The third-order valence-corrected chi connectivity index (χ3v) is 19.6. The smallest absolute Gasteiger partial charge is 0.316 e. The van der Waals surface area contributed by atoms with Gasteiger partial charge in [0, 0.05) is 6.61 Å². The molecular weight excluding hydrogens is 469 g/mol. The predicted octanol–water partition coefficient (Wildman–Crippen LogP) is 6.46. The molecule has 1 aliphatic rings. The van der Waals surface area contributed by atoms with Crippen molar-refractivity contribution in [1.82, 2.24) is 0 Å². The molecule has 0 bridgehead atoms. The summed E-state index contributed by atoms with van der Waals surface area (Å²) in [5.41, 5.74) is 1.35. The maximum Gasteiger partial charge on any atom is 0.316 e. The number of epoxide rings is 1. The van der Waals surface area contributed by atoms with Gasteiger partial charge < -0.3 is 21.8 Å². The van der Waals surface area contributed by atoms with Crippen LogP contribution in [-0.2, 0) is 21.8 Å². The zero-order chi connectivity index (χ0) is 24.0. The predicted molar refractivity (Wildman–Crippen MR) is 143 cm³/mol. The monoisotopic (exact) mass is 514 g/mol. The van der Waals surface area contributed by atoms with Crippen molar-refractivity contribution < 1.29 is 21.8 Å². The van der Waals surface area contributed by atoms with Gasteiger partial charge in [-0.2, -0.15) is 0 Å². The largest absolute Gasteiger partial charge is 0.437 e. The van der Waals surface area contributed by atoms with E-state index < -0.39 is 33.8 Å². The zero-order valence-electron chi connectivity index (χ0n) is 21.8. The quantitative estimate of drug-likeness (QED) is 0.153. The Morgan fingerprint density at radius 1 is 0.875 bits per heavy atom. The molecule has 0 N–H and O–H groups in total. The average molecular weight is 515 g/mol. The van der Waals surface area contributed by atoms with Gasteiger partial charge in [0.15, 0.2) is 16.6 Å². The Kier molecular flexibility index (Phi) is 10.1. The molecule has 9 heteroatoms. The summed E-state index contributed by atoms with van der Waals surface area (Å²) in [6.45, 7) is 22.7. The summed E-state index contributed by atoms with van der Waals surface area (Å²) in [6, 6.07) is 12.6. The Labute approximate surface area is 200 Å². The number of benzene rings is 1. The van der Waals surface area contributed by atoms with Crippen LogP contribution in [0.25, 0.3) is 0 Å². The van der Waals surface area contributed by atoms with Crippen LogP contribution in [0.3, 0.4) is 0 Å². The molecule has 1 aliphatic heterocycles. The average Bonchev–Trinajstić information content (AvgIpc) is 3.42. The molecule has 0 spiro atoms. The van der Waals surface area contributed by atoms with Crippen LogP contribution in [0.4, 0.5) is 0 Å². The minimum atomic E-state index is -2.48. The van der Waals surface area contributed by atoms with Crippen molar-refractivity contribution in [2.24, 2.45) is 0 Å². The second-order valence-electron chi connectivity index (χ2n) is 11.4. The summed E-state index contributed by atoms with van der Waals surface area (Å²) in [7, 11) is -8.49. The van der Waals surface area contributed by atoms with Crippen LogP contribution >= 0.6 is 0 Å². The van der Waals surface area contributed by atoms with E-state index in [1.54, 1.807) is 0 Å². The van der Waals surface area contributed by atoms with Crippen molar-refractivity contribution in [3.63, 3.8) is 0 Å². The summed E-state index contributed by atoms with van der Waals surface area (Å²) in [5.74, 6) is 0.385. The molecule has 1 heterocycles. The van der Waals surface area contributed by atoms with Gasteiger partial charge in [0.25, 0.3) is 0 Å². The molecule has 5 nitrogen and oxygen atoms in total. The first-order chi connectivity index (χ1) is 14.7. The molecule has 1 saturated heterocycles. The summed E-state index contributed by atoms with van der Waals surface area (Å²) < 4.78 is 31.9. The molecule has 1 aromatic rings. The maximum atomic E-state index is 7.13. The van der Waals surface area contributed by atoms with Crippen LogP contribution in [0.1, 0.15) is 24.8 Å². The molecule has 0 radical (unpaired) electrons. The van der Waals surface area contributed by atoms with E-state index in [1.807, 2.05) is 0 Å². The highest BCUT2D eigenvalue weighted by Gasteiger charge is 2.47. The lowest BCUT2D eigenvalue weighted by Gasteiger charge is -2.43. The third-order valence-electron chi connectivity index (χ3n) is 5.15. The fourth-order valence-electron chi connectivity index (χ4n) is 4.31. The van der Waals surface area contributed by atoms with Crippen LogP contribution in [0, 0.1) is 0 Å². The molecule has 0 aliphatic carbocycles. The van der Waals surface area contributed by atoms with Gasteiger partial charge in [-0.05, 0) is 82.4 Å². The van der Waals surface area contributed by atoms with Crippen LogP contribution in [0.2, 0.25) is 64.5 Å². The molecule has 1 fully saturated rings. The molecular formula is C23H46O5Si4. The molecule has 4 unspecified atom stereocenters. The Bertz CT molecular complexity index is 690. The van der Waals surface area contributed by atoms with Crippen molar-refractivity contribution >= 4 is 33.8 Å². The highest BCUT2D eigenvalue weighted by Crippen LogP contribution is 2.34. The van der Waals surface area contributed by atoms with E-state index in [2.05, 4.69) is 89.6 Å². The van der Waals surface area contributed by atoms with Crippen molar-refractivity contribution in [3.8, 4) is 0 Å². The first kappa shape index (κ1) is 28.1. The van der Waals surface area contributed by atoms with Gasteiger partial charge in [-0.3, -0.25) is 0 Å². The second kappa shape index (κ2) is 11.5. The van der Waals surface area contributed by atoms with Crippen molar-refractivity contribution in [2.75, 3.05) is 19.8 Å². The van der Waals surface area contributed by atoms with Crippen molar-refractivity contribution in [3.05, 3.63) is 35.9 Å². The van der Waals surface area contributed by atoms with E-state index in [1.165, 1.54) is 5.56 Å². The third kappa shape index (κ3) is 11.3. The van der Waals surface area contributed by atoms with Crippen molar-refractivity contribution in [1.29, 1.82) is 0 Å². The zero-order valence-corrected chi connectivity index (χ0v) is 25.8. The Balaban J connectivity index is 2.14. The number of hydrogen-bond donors (Lipinski definition) is 0. The minimum Gasteiger partial charge on any atom is -0.437 e. The maximum absolute atomic E-state index is 7.13. The van der Waals surface area contributed by atoms with Crippen LogP contribution < -0.4 is 0 Å². The molecule has 2 rings (SSSR count). The Morgan fingerprint density at radius 2 is 1.44 bits per heavy atom. The van der Waals surface area contributed by atoms with Gasteiger partial charge in [-0.1, -0.05) is 37.3 Å². The van der Waals surface area contributed by atoms with E-state index in [-0.39, 0.29) is 0 Å². The lowest BCUT2D eigenvalue weighted by Crippen LogP contribution is -2.58. The molecule has 184 valence electrons. The lowest BCUT2D eigenvalue weighted by molar-refractivity contribution is 0.115. The molecule has 0 saturated carbocycles. The van der Waals surface area contributed by atoms with Crippen LogP contribution in [-0.4, -0.2) is 59.7 Å². The summed E-state index contributed by atoms with van der Waals surface area (Å²) >= 11 is 0. The second-order valence-corrected chi connectivity index (χ2v) is 27.8. The van der Waals surface area contributed by atoms with Gasteiger partial charge >= 0.3 is 17.1 Å². The van der Waals surface area contributed by atoms with Gasteiger partial charge in [0.05, 0.1) is 13.2 Å². The van der Waals surface area contributed by atoms with Gasteiger partial charge in [0.2, 0.25) is 0 Å². The lowest BCUT2D eigenvalue weighted by atomic mass is 10.0. The normalized spacial score (nSPS) is 21.6. The first-order valence-corrected chi connectivity index (χ1v) is 23.9. The number of hydrogen-bond acceptors (Lipinski definition) is 5. The van der Waals surface area contributed by atoms with E-state index >= 15 is 0 Å². The molecule has 1 aromatic carbocycles. The van der Waals surface area contributed by atoms with Gasteiger partial charge in [-0.25, -0.2) is 0 Å². The summed E-state index contributed by atoms with van der Waals surface area (Å²) in [6.07, 6.45) is 1.26. The fourth-order valence-corrected chi connectivity index (χ4v) is 23.0. The number of rotatable bonds is 15. The summed E-state index contributed by atoms with van der Waals surface area (Å²) in [4.78, 5) is 0. The molecule has 0 aromatic heterocycles. The SMILES string of the molecule is CC(C[Si](C)(O[Si](C)(C)C)O[Si](C)(CCCOCC1CO1)O[Si](C)(C)C)c1ccccc1. The minimum absolute atomic E-state index is 0.313. The summed E-state index contributed by atoms with van der Waals surface area (Å²) in [5, 5.41) is 0. The topological polar surface area (TPSA) is 49.5 Å². The Hall–Kier alpha value is -0.112. The number of ether oxygens (including phenoxy) is 2. The van der Waals surface area contributed by atoms with Crippen LogP contribution in [0.15, 0.2) is 30.3 Å². The first-order valence-electron chi connectivity index (χ1n) is 12.0. The molecule has 32 heavy (non-hydrogen) atoms. The van der Waals surface area contributed by atoms with E-state index in [9.17, 15) is 0 Å². The van der Waals surface area contributed by atoms with Crippen molar-refractivity contribution in [2.45, 2.75) is 89.8 Å². The standard InChI is InChI=1S/C23H46O5Si4/c1-21(22-14-11-10-12-15-22)20-32(9,27-30(5,6)7)28-31(8,26-29(2,3)4)17-13-16-24-18-23-19-25-23/h10-12,14-15,21,23H,13,16-20H2,1-9H3. The van der Waals surface area contributed by atoms with Gasteiger partial charge in [0.1, 0.15) is 6.10 Å². The van der Waals surface area contributed by atoms with E-state index in [0.717, 1.165) is 31.7 Å². The molecule has 4 atom stereocenters. The molecule has 0 amide bonds. The highest BCUT2D eigenvalue weighted by atomic mass is 28.5.